The molecule has 0 saturated carbocycles. The first kappa shape index (κ1) is 17.2. The Balaban J connectivity index is 2.03. The van der Waals surface area contributed by atoms with E-state index in [2.05, 4.69) is 5.32 Å². The number of rotatable bonds is 3. The van der Waals surface area contributed by atoms with Crippen molar-refractivity contribution in [2.24, 2.45) is 0 Å². The molecule has 0 aromatic heterocycles. The Morgan fingerprint density at radius 1 is 0.960 bits per heavy atom. The first-order valence-electron chi connectivity index (χ1n) is 8.41. The van der Waals surface area contributed by atoms with Crippen molar-refractivity contribution >= 4 is 12.4 Å². The zero-order valence-corrected chi connectivity index (χ0v) is 15.0. The SMILES string of the molecule is CC(C)(C)OC(=O)NC(C)(C=O)C1c2ccccc2-c2ccccc21. The number of carbonyl (C=O) groups is 2. The van der Waals surface area contributed by atoms with Gasteiger partial charge in [-0.2, -0.15) is 0 Å². The second-order valence-electron chi connectivity index (χ2n) is 7.63. The van der Waals surface area contributed by atoms with E-state index in [9.17, 15) is 9.59 Å². The molecule has 1 unspecified atom stereocenters. The molecule has 130 valence electrons. The van der Waals surface area contributed by atoms with Crippen LogP contribution in [0.5, 0.6) is 0 Å². The molecule has 1 N–H and O–H groups in total. The van der Waals surface area contributed by atoms with Crippen LogP contribution in [0.3, 0.4) is 0 Å². The minimum atomic E-state index is -1.11. The highest BCUT2D eigenvalue weighted by Gasteiger charge is 2.43. The molecule has 1 aliphatic rings. The largest absolute Gasteiger partial charge is 0.444 e. The van der Waals surface area contributed by atoms with Crippen LogP contribution in [0.1, 0.15) is 44.7 Å². The fraction of sp³-hybridized carbons (Fsp3) is 0.333. The third-order valence-corrected chi connectivity index (χ3v) is 4.45. The predicted molar refractivity (Wildman–Crippen MR) is 97.6 cm³/mol. The zero-order chi connectivity index (χ0) is 18.2. The summed E-state index contributed by atoms with van der Waals surface area (Å²) in [4.78, 5) is 24.4. The third-order valence-electron chi connectivity index (χ3n) is 4.45. The van der Waals surface area contributed by atoms with Crippen molar-refractivity contribution in [3.8, 4) is 11.1 Å². The Kier molecular flexibility index (Phi) is 4.15. The van der Waals surface area contributed by atoms with Crippen LogP contribution in [0.15, 0.2) is 48.5 Å². The molecule has 0 fully saturated rings. The lowest BCUT2D eigenvalue weighted by molar-refractivity contribution is -0.113. The van der Waals surface area contributed by atoms with Crippen molar-refractivity contribution in [2.45, 2.75) is 44.8 Å². The summed E-state index contributed by atoms with van der Waals surface area (Å²) < 4.78 is 5.36. The Hall–Kier alpha value is -2.62. The lowest BCUT2D eigenvalue weighted by atomic mass is 9.80. The van der Waals surface area contributed by atoms with Crippen LogP contribution in [0.4, 0.5) is 4.79 Å². The molecule has 25 heavy (non-hydrogen) atoms. The monoisotopic (exact) mass is 337 g/mol. The number of benzene rings is 2. The molecule has 0 saturated heterocycles. The van der Waals surface area contributed by atoms with E-state index in [1.807, 2.05) is 48.5 Å². The van der Waals surface area contributed by atoms with Gasteiger partial charge in [0.1, 0.15) is 17.4 Å². The van der Waals surface area contributed by atoms with Gasteiger partial charge in [0.15, 0.2) is 0 Å². The fourth-order valence-electron chi connectivity index (χ4n) is 3.49. The average Bonchev–Trinajstić information content (AvgIpc) is 2.88. The lowest BCUT2D eigenvalue weighted by Gasteiger charge is -2.33. The highest BCUT2D eigenvalue weighted by Crippen LogP contribution is 2.48. The fourth-order valence-corrected chi connectivity index (χ4v) is 3.49. The number of fused-ring (bicyclic) bond motifs is 3. The highest BCUT2D eigenvalue weighted by atomic mass is 16.6. The molecule has 0 heterocycles. The van der Waals surface area contributed by atoms with E-state index in [-0.39, 0.29) is 5.92 Å². The van der Waals surface area contributed by atoms with Gasteiger partial charge in [-0.3, -0.25) is 0 Å². The summed E-state index contributed by atoms with van der Waals surface area (Å²) in [6.07, 6.45) is 0.212. The van der Waals surface area contributed by atoms with Crippen molar-refractivity contribution in [1.82, 2.24) is 5.32 Å². The van der Waals surface area contributed by atoms with E-state index in [0.717, 1.165) is 28.5 Å². The van der Waals surface area contributed by atoms with Crippen molar-refractivity contribution in [3.63, 3.8) is 0 Å². The molecule has 3 rings (SSSR count). The summed E-state index contributed by atoms with van der Waals surface area (Å²) in [5.74, 6) is -0.259. The number of carbonyl (C=O) groups excluding carboxylic acids is 2. The van der Waals surface area contributed by atoms with Crippen LogP contribution >= 0.6 is 0 Å². The molecule has 0 radical (unpaired) electrons. The van der Waals surface area contributed by atoms with Crippen LogP contribution in [0.25, 0.3) is 11.1 Å². The maximum absolute atomic E-state index is 12.3. The Morgan fingerprint density at radius 2 is 1.44 bits per heavy atom. The predicted octanol–water partition coefficient (Wildman–Crippen LogP) is 4.28. The Bertz CT molecular complexity index is 776. The van der Waals surface area contributed by atoms with E-state index >= 15 is 0 Å². The number of alkyl carbamates (subject to hydrolysis) is 1. The number of aldehydes is 1. The molecule has 4 heteroatoms. The molecule has 2 aromatic carbocycles. The summed E-state index contributed by atoms with van der Waals surface area (Å²) in [7, 11) is 0. The van der Waals surface area contributed by atoms with Crippen molar-refractivity contribution in [1.29, 1.82) is 0 Å². The van der Waals surface area contributed by atoms with Crippen molar-refractivity contribution in [3.05, 3.63) is 59.7 Å². The third kappa shape index (κ3) is 3.16. The van der Waals surface area contributed by atoms with Gasteiger partial charge in [0, 0.05) is 5.92 Å². The van der Waals surface area contributed by atoms with Gasteiger partial charge in [0.05, 0.1) is 0 Å². The normalized spacial score (nSPS) is 15.7. The molecular weight excluding hydrogens is 314 g/mol. The van der Waals surface area contributed by atoms with Gasteiger partial charge in [-0.25, -0.2) is 4.79 Å². The summed E-state index contributed by atoms with van der Waals surface area (Å²) >= 11 is 0. The number of ether oxygens (including phenoxy) is 1. The lowest BCUT2D eigenvalue weighted by Crippen LogP contribution is -2.53. The average molecular weight is 337 g/mol. The van der Waals surface area contributed by atoms with Crippen LogP contribution in [-0.4, -0.2) is 23.5 Å². The topological polar surface area (TPSA) is 55.4 Å². The van der Waals surface area contributed by atoms with Gasteiger partial charge in [-0.1, -0.05) is 48.5 Å². The molecular formula is C21H23NO3. The molecule has 0 aliphatic heterocycles. The standard InChI is InChI=1S/C21H23NO3/c1-20(2,3)25-19(24)22-21(4,13-23)18-16-11-7-5-9-14(16)15-10-6-8-12-17(15)18/h5-13,18H,1-4H3,(H,22,24). The summed E-state index contributed by atoms with van der Waals surface area (Å²) in [6.45, 7) is 7.13. The summed E-state index contributed by atoms with van der Waals surface area (Å²) in [5, 5.41) is 2.79. The summed E-state index contributed by atoms with van der Waals surface area (Å²) in [6, 6.07) is 16.0. The van der Waals surface area contributed by atoms with Gasteiger partial charge >= 0.3 is 6.09 Å². The van der Waals surface area contributed by atoms with E-state index in [1.54, 1.807) is 27.7 Å². The van der Waals surface area contributed by atoms with Crippen molar-refractivity contribution in [2.75, 3.05) is 0 Å². The van der Waals surface area contributed by atoms with Gasteiger partial charge in [0.2, 0.25) is 0 Å². The van der Waals surface area contributed by atoms with E-state index in [1.165, 1.54) is 0 Å². The Morgan fingerprint density at radius 3 is 1.88 bits per heavy atom. The number of hydrogen-bond donors (Lipinski definition) is 1. The Labute approximate surface area is 148 Å². The van der Waals surface area contributed by atoms with Gasteiger partial charge in [-0.05, 0) is 49.9 Å². The molecule has 1 atom stereocenters. The number of hydrogen-bond acceptors (Lipinski definition) is 3. The molecule has 4 nitrogen and oxygen atoms in total. The molecule has 2 aromatic rings. The van der Waals surface area contributed by atoms with Gasteiger partial charge < -0.3 is 14.8 Å². The molecule has 1 aliphatic carbocycles. The van der Waals surface area contributed by atoms with Crippen LogP contribution < -0.4 is 5.32 Å². The molecule has 1 amide bonds. The van der Waals surface area contributed by atoms with E-state index < -0.39 is 17.2 Å². The quantitative estimate of drug-likeness (QED) is 0.851. The van der Waals surface area contributed by atoms with E-state index in [4.69, 9.17) is 4.74 Å². The van der Waals surface area contributed by atoms with Gasteiger partial charge in [-0.15, -0.1) is 0 Å². The number of nitrogens with one attached hydrogen (secondary N) is 1. The second kappa shape index (κ2) is 6.03. The van der Waals surface area contributed by atoms with E-state index in [0.29, 0.717) is 0 Å². The molecule has 0 bridgehead atoms. The highest BCUT2D eigenvalue weighted by molar-refractivity contribution is 5.85. The van der Waals surface area contributed by atoms with Crippen LogP contribution in [0, 0.1) is 0 Å². The number of amides is 1. The minimum absolute atomic E-state index is 0.259. The van der Waals surface area contributed by atoms with Crippen LogP contribution in [-0.2, 0) is 9.53 Å². The first-order valence-corrected chi connectivity index (χ1v) is 8.41. The zero-order valence-electron chi connectivity index (χ0n) is 15.0. The second-order valence-corrected chi connectivity index (χ2v) is 7.63. The molecule has 0 spiro atoms. The van der Waals surface area contributed by atoms with Gasteiger partial charge in [0.25, 0.3) is 0 Å². The maximum Gasteiger partial charge on any atom is 0.408 e. The summed E-state index contributed by atoms with van der Waals surface area (Å²) in [5.41, 5.74) is 2.54. The minimum Gasteiger partial charge on any atom is -0.444 e. The smallest absolute Gasteiger partial charge is 0.408 e. The van der Waals surface area contributed by atoms with Crippen molar-refractivity contribution < 1.29 is 14.3 Å². The maximum atomic E-state index is 12.3. The first-order chi connectivity index (χ1) is 11.7. The van der Waals surface area contributed by atoms with Crippen LogP contribution in [0.2, 0.25) is 0 Å².